The van der Waals surface area contributed by atoms with Gasteiger partial charge in [0.15, 0.2) is 5.82 Å². The molecule has 0 bridgehead atoms. The number of nitrogens with zero attached hydrogens (tertiary/aromatic N) is 3. The van der Waals surface area contributed by atoms with Gasteiger partial charge in [-0.05, 0) is 23.6 Å². The first-order valence-electron chi connectivity index (χ1n) is 4.58. The van der Waals surface area contributed by atoms with Crippen LogP contribution in [0.5, 0.6) is 0 Å². The molecule has 0 aromatic carbocycles. The molecule has 2 aromatic heterocycles. The first-order valence-corrected chi connectivity index (χ1v) is 5.46. The maximum absolute atomic E-state index is 5.47. The van der Waals surface area contributed by atoms with Crippen LogP contribution in [0.3, 0.4) is 0 Å². The zero-order valence-electron chi connectivity index (χ0n) is 8.42. The number of thiophene rings is 1. The van der Waals surface area contributed by atoms with Gasteiger partial charge >= 0.3 is 0 Å². The average Bonchev–Trinajstić information content (AvgIpc) is 2.71. The summed E-state index contributed by atoms with van der Waals surface area (Å²) in [6, 6.07) is 7.78. The van der Waals surface area contributed by atoms with Gasteiger partial charge < -0.3 is 10.6 Å². The smallest absolute Gasteiger partial charge is 0.151 e. The second kappa shape index (κ2) is 4.27. The van der Waals surface area contributed by atoms with E-state index in [1.807, 2.05) is 24.1 Å². The minimum atomic E-state index is 0.447. The molecule has 0 fully saturated rings. The summed E-state index contributed by atoms with van der Waals surface area (Å²) < 4.78 is 0. The average molecular weight is 220 g/mol. The molecule has 0 atom stereocenters. The van der Waals surface area contributed by atoms with Crippen LogP contribution in [0.1, 0.15) is 4.88 Å². The number of rotatable bonds is 3. The highest BCUT2D eigenvalue weighted by Gasteiger charge is 2.04. The van der Waals surface area contributed by atoms with Gasteiger partial charge in [0.2, 0.25) is 0 Å². The Morgan fingerprint density at radius 2 is 2.20 bits per heavy atom. The van der Waals surface area contributed by atoms with E-state index in [0.717, 1.165) is 12.4 Å². The van der Waals surface area contributed by atoms with Crippen molar-refractivity contribution in [2.24, 2.45) is 0 Å². The summed E-state index contributed by atoms with van der Waals surface area (Å²) in [6.45, 7) is 0.844. The van der Waals surface area contributed by atoms with E-state index in [4.69, 9.17) is 5.73 Å². The van der Waals surface area contributed by atoms with Crippen molar-refractivity contribution in [2.75, 3.05) is 17.7 Å². The number of anilines is 2. The van der Waals surface area contributed by atoms with Gasteiger partial charge in [-0.15, -0.1) is 21.5 Å². The summed E-state index contributed by atoms with van der Waals surface area (Å²) in [6.07, 6.45) is 0. The van der Waals surface area contributed by atoms with E-state index in [1.54, 1.807) is 17.4 Å². The summed E-state index contributed by atoms with van der Waals surface area (Å²) in [4.78, 5) is 3.34. The third-order valence-corrected chi connectivity index (χ3v) is 2.90. The van der Waals surface area contributed by atoms with Gasteiger partial charge in [0.25, 0.3) is 0 Å². The molecule has 0 aliphatic heterocycles. The van der Waals surface area contributed by atoms with Crippen LogP contribution in [-0.4, -0.2) is 17.2 Å². The Kier molecular flexibility index (Phi) is 2.82. The van der Waals surface area contributed by atoms with Gasteiger partial charge in [0.1, 0.15) is 5.82 Å². The molecular formula is C10H12N4S. The predicted octanol–water partition coefficient (Wildman–Crippen LogP) is 1.76. The van der Waals surface area contributed by atoms with Crippen LogP contribution in [0.4, 0.5) is 11.6 Å². The molecule has 2 rings (SSSR count). The highest BCUT2D eigenvalue weighted by atomic mass is 32.1. The minimum absolute atomic E-state index is 0.447. The third kappa shape index (κ3) is 2.44. The molecule has 0 spiro atoms. The van der Waals surface area contributed by atoms with Crippen LogP contribution in [0.15, 0.2) is 29.6 Å². The number of hydrogen-bond acceptors (Lipinski definition) is 5. The number of nitrogens with two attached hydrogens (primary N) is 1. The Balaban J connectivity index is 2.08. The predicted molar refractivity (Wildman–Crippen MR) is 62.9 cm³/mol. The maximum atomic E-state index is 5.47. The lowest BCUT2D eigenvalue weighted by Crippen LogP contribution is -2.17. The maximum Gasteiger partial charge on any atom is 0.151 e. The Labute approximate surface area is 92.4 Å². The van der Waals surface area contributed by atoms with Gasteiger partial charge in [-0.3, -0.25) is 0 Å². The van der Waals surface area contributed by atoms with Crippen molar-refractivity contribution in [2.45, 2.75) is 6.54 Å². The molecule has 0 saturated heterocycles. The van der Waals surface area contributed by atoms with Crippen LogP contribution in [0, 0.1) is 0 Å². The molecule has 78 valence electrons. The molecular weight excluding hydrogens is 208 g/mol. The van der Waals surface area contributed by atoms with Crippen LogP contribution in [0.2, 0.25) is 0 Å². The Bertz CT molecular complexity index is 409. The lowest BCUT2D eigenvalue weighted by atomic mass is 10.4. The van der Waals surface area contributed by atoms with Crippen molar-refractivity contribution in [1.29, 1.82) is 0 Å². The van der Waals surface area contributed by atoms with E-state index in [2.05, 4.69) is 21.6 Å². The lowest BCUT2D eigenvalue weighted by Gasteiger charge is -2.16. The zero-order chi connectivity index (χ0) is 10.7. The second-order valence-electron chi connectivity index (χ2n) is 3.25. The lowest BCUT2D eigenvalue weighted by molar-refractivity contribution is 0.880. The second-order valence-corrected chi connectivity index (χ2v) is 4.28. The largest absolute Gasteiger partial charge is 0.382 e. The number of nitrogen functional groups attached to an aromatic ring is 1. The van der Waals surface area contributed by atoms with Crippen molar-refractivity contribution >= 4 is 23.0 Å². The molecule has 2 heterocycles. The molecule has 2 aromatic rings. The van der Waals surface area contributed by atoms with Crippen LogP contribution >= 0.6 is 11.3 Å². The molecule has 15 heavy (non-hydrogen) atoms. The Morgan fingerprint density at radius 1 is 1.33 bits per heavy atom. The molecule has 2 N–H and O–H groups in total. The van der Waals surface area contributed by atoms with Crippen molar-refractivity contribution < 1.29 is 0 Å². The first kappa shape index (κ1) is 9.92. The minimum Gasteiger partial charge on any atom is -0.382 e. The summed E-state index contributed by atoms with van der Waals surface area (Å²) in [7, 11) is 1.99. The van der Waals surface area contributed by atoms with Crippen molar-refractivity contribution in [1.82, 2.24) is 10.2 Å². The van der Waals surface area contributed by atoms with Crippen LogP contribution in [0.25, 0.3) is 0 Å². The van der Waals surface area contributed by atoms with Crippen LogP contribution in [-0.2, 0) is 6.54 Å². The normalized spacial score (nSPS) is 10.2. The van der Waals surface area contributed by atoms with E-state index in [0.29, 0.717) is 5.82 Å². The molecule has 0 aliphatic rings. The Hall–Kier alpha value is -1.62. The molecule has 0 radical (unpaired) electrons. The number of aromatic nitrogens is 2. The summed E-state index contributed by atoms with van der Waals surface area (Å²) >= 11 is 1.73. The highest BCUT2D eigenvalue weighted by Crippen LogP contribution is 2.15. The van der Waals surface area contributed by atoms with Gasteiger partial charge in [0, 0.05) is 11.9 Å². The van der Waals surface area contributed by atoms with Crippen molar-refractivity contribution in [3.05, 3.63) is 34.5 Å². The molecule has 4 nitrogen and oxygen atoms in total. The van der Waals surface area contributed by atoms with Gasteiger partial charge in [-0.1, -0.05) is 6.07 Å². The van der Waals surface area contributed by atoms with E-state index in [-0.39, 0.29) is 0 Å². The fraction of sp³-hybridized carbons (Fsp3) is 0.200. The van der Waals surface area contributed by atoms with Gasteiger partial charge in [-0.25, -0.2) is 0 Å². The summed E-state index contributed by atoms with van der Waals surface area (Å²) in [5.41, 5.74) is 5.47. The Morgan fingerprint density at radius 3 is 2.80 bits per heavy atom. The van der Waals surface area contributed by atoms with Gasteiger partial charge in [0.05, 0.1) is 6.54 Å². The topological polar surface area (TPSA) is 55.0 Å². The molecule has 0 amide bonds. The molecule has 0 unspecified atom stereocenters. The van der Waals surface area contributed by atoms with E-state index < -0.39 is 0 Å². The SMILES string of the molecule is CN(Cc1cccs1)c1ccc(N)nn1. The fourth-order valence-corrected chi connectivity index (χ4v) is 2.01. The van der Waals surface area contributed by atoms with Gasteiger partial charge in [-0.2, -0.15) is 0 Å². The van der Waals surface area contributed by atoms with E-state index >= 15 is 0 Å². The standard InChI is InChI=1S/C10H12N4S/c1-14(7-8-3-2-6-15-8)10-5-4-9(11)12-13-10/h2-6H,7H2,1H3,(H2,11,12). The summed E-state index contributed by atoms with van der Waals surface area (Å²) in [5, 5.41) is 9.90. The third-order valence-electron chi connectivity index (χ3n) is 2.04. The number of hydrogen-bond donors (Lipinski definition) is 1. The highest BCUT2D eigenvalue weighted by molar-refractivity contribution is 7.09. The first-order chi connectivity index (χ1) is 7.25. The van der Waals surface area contributed by atoms with E-state index in [9.17, 15) is 0 Å². The van der Waals surface area contributed by atoms with Crippen molar-refractivity contribution in [3.63, 3.8) is 0 Å². The molecule has 5 heteroatoms. The quantitative estimate of drug-likeness (QED) is 0.856. The monoisotopic (exact) mass is 220 g/mol. The van der Waals surface area contributed by atoms with E-state index in [1.165, 1.54) is 4.88 Å². The molecule has 0 aliphatic carbocycles. The van der Waals surface area contributed by atoms with Crippen molar-refractivity contribution in [3.8, 4) is 0 Å². The summed E-state index contributed by atoms with van der Waals surface area (Å²) in [5.74, 6) is 1.28. The van der Waals surface area contributed by atoms with Crippen LogP contribution < -0.4 is 10.6 Å². The zero-order valence-corrected chi connectivity index (χ0v) is 9.24. The molecule has 0 saturated carbocycles. The fourth-order valence-electron chi connectivity index (χ4n) is 1.26.